The van der Waals surface area contributed by atoms with Gasteiger partial charge < -0.3 is 14.2 Å². The van der Waals surface area contributed by atoms with Gasteiger partial charge in [0.2, 0.25) is 0 Å². The zero-order chi connectivity index (χ0) is 16.5. The summed E-state index contributed by atoms with van der Waals surface area (Å²) < 4.78 is 1.92. The summed E-state index contributed by atoms with van der Waals surface area (Å²) in [7, 11) is 0. The number of rotatable bonds is 2. The molecule has 0 atom stereocenters. The Bertz CT molecular complexity index is 863. The lowest BCUT2D eigenvalue weighted by Gasteiger charge is -2.36. The van der Waals surface area contributed by atoms with Crippen molar-refractivity contribution in [3.63, 3.8) is 0 Å². The van der Waals surface area contributed by atoms with Crippen molar-refractivity contribution in [3.05, 3.63) is 66.1 Å². The van der Waals surface area contributed by atoms with Gasteiger partial charge in [-0.05, 0) is 31.2 Å². The molecule has 3 heterocycles. The number of hydrogen-bond acceptors (Lipinski definition) is 3. The first-order valence-corrected chi connectivity index (χ1v) is 8.25. The number of aromatic nitrogens is 2. The number of amides is 1. The van der Waals surface area contributed by atoms with Crippen LogP contribution in [0.1, 0.15) is 16.1 Å². The quantitative estimate of drug-likeness (QED) is 0.729. The largest absolute Gasteiger partial charge is 0.368 e. The highest BCUT2D eigenvalue weighted by Gasteiger charge is 2.22. The first kappa shape index (κ1) is 14.8. The third-order valence-corrected chi connectivity index (χ3v) is 4.51. The highest BCUT2D eigenvalue weighted by Crippen LogP contribution is 2.17. The second-order valence-corrected chi connectivity index (χ2v) is 6.18. The van der Waals surface area contributed by atoms with Gasteiger partial charge in [0.05, 0.1) is 11.3 Å². The number of aryl methyl sites for hydroxylation is 1. The Morgan fingerprint density at radius 3 is 2.46 bits per heavy atom. The highest BCUT2D eigenvalue weighted by atomic mass is 16.2. The molecule has 5 heteroatoms. The third kappa shape index (κ3) is 2.73. The number of anilines is 1. The Kier molecular flexibility index (Phi) is 3.69. The number of pyridine rings is 1. The minimum Gasteiger partial charge on any atom is -0.368 e. The lowest BCUT2D eigenvalue weighted by atomic mass is 10.2. The topological polar surface area (TPSA) is 40.9 Å². The Hall–Kier alpha value is -2.82. The van der Waals surface area contributed by atoms with Gasteiger partial charge in [-0.2, -0.15) is 0 Å². The molecular weight excluding hydrogens is 300 g/mol. The molecule has 0 bridgehead atoms. The van der Waals surface area contributed by atoms with E-state index in [4.69, 9.17) is 0 Å². The maximum atomic E-state index is 12.8. The van der Waals surface area contributed by atoms with E-state index < -0.39 is 0 Å². The predicted molar refractivity (Wildman–Crippen MR) is 94.5 cm³/mol. The molecule has 1 aliphatic heterocycles. The lowest BCUT2D eigenvalue weighted by molar-refractivity contribution is 0.0746. The summed E-state index contributed by atoms with van der Waals surface area (Å²) in [5, 5.41) is 0. The minimum atomic E-state index is 0.0935. The summed E-state index contributed by atoms with van der Waals surface area (Å²) in [5.74, 6) is 0.0935. The van der Waals surface area contributed by atoms with Crippen LogP contribution in [0, 0.1) is 6.92 Å². The van der Waals surface area contributed by atoms with Gasteiger partial charge in [-0.25, -0.2) is 4.98 Å². The predicted octanol–water partition coefficient (Wildman–Crippen LogP) is 2.61. The maximum Gasteiger partial charge on any atom is 0.255 e. The van der Waals surface area contributed by atoms with Crippen molar-refractivity contribution in [2.24, 2.45) is 0 Å². The zero-order valence-corrected chi connectivity index (χ0v) is 13.7. The molecule has 2 aromatic heterocycles. The molecule has 0 saturated carbocycles. The van der Waals surface area contributed by atoms with Crippen LogP contribution in [0.2, 0.25) is 0 Å². The van der Waals surface area contributed by atoms with E-state index in [2.05, 4.69) is 34.1 Å². The van der Waals surface area contributed by atoms with Crippen molar-refractivity contribution in [1.29, 1.82) is 0 Å². The van der Waals surface area contributed by atoms with Crippen LogP contribution in [-0.2, 0) is 0 Å². The summed E-state index contributed by atoms with van der Waals surface area (Å²) in [4.78, 5) is 21.4. The number of nitrogens with zero attached hydrogens (tertiary/aromatic N) is 4. The number of piperazine rings is 1. The molecule has 24 heavy (non-hydrogen) atoms. The van der Waals surface area contributed by atoms with E-state index in [1.54, 1.807) is 0 Å². The fourth-order valence-corrected chi connectivity index (χ4v) is 3.23. The van der Waals surface area contributed by atoms with E-state index in [9.17, 15) is 4.79 Å². The Morgan fingerprint density at radius 2 is 1.71 bits per heavy atom. The van der Waals surface area contributed by atoms with Crippen molar-refractivity contribution in [2.45, 2.75) is 6.92 Å². The molecule has 5 nitrogen and oxygen atoms in total. The van der Waals surface area contributed by atoms with Gasteiger partial charge in [0.1, 0.15) is 5.65 Å². The van der Waals surface area contributed by atoms with Crippen molar-refractivity contribution in [2.75, 3.05) is 31.1 Å². The number of fused-ring (bicyclic) bond motifs is 1. The van der Waals surface area contributed by atoms with E-state index in [-0.39, 0.29) is 5.91 Å². The Labute approximate surface area is 141 Å². The molecular formula is C19H20N4O. The van der Waals surface area contributed by atoms with Gasteiger partial charge in [-0.1, -0.05) is 18.2 Å². The number of hydrogen-bond donors (Lipinski definition) is 0. The van der Waals surface area contributed by atoms with E-state index in [1.165, 1.54) is 5.69 Å². The van der Waals surface area contributed by atoms with Crippen molar-refractivity contribution < 1.29 is 4.79 Å². The number of benzene rings is 1. The van der Waals surface area contributed by atoms with Crippen LogP contribution in [0.3, 0.4) is 0 Å². The lowest BCUT2D eigenvalue weighted by Crippen LogP contribution is -2.48. The van der Waals surface area contributed by atoms with Crippen molar-refractivity contribution in [3.8, 4) is 0 Å². The molecule has 1 fully saturated rings. The van der Waals surface area contributed by atoms with Crippen LogP contribution < -0.4 is 4.90 Å². The second-order valence-electron chi connectivity index (χ2n) is 6.18. The van der Waals surface area contributed by atoms with Crippen LogP contribution in [-0.4, -0.2) is 46.4 Å². The minimum absolute atomic E-state index is 0.0935. The van der Waals surface area contributed by atoms with Crippen LogP contribution in [0.4, 0.5) is 5.69 Å². The molecule has 1 saturated heterocycles. The van der Waals surface area contributed by atoms with Gasteiger partial charge in [-0.3, -0.25) is 4.79 Å². The molecule has 0 aliphatic carbocycles. The van der Waals surface area contributed by atoms with Gasteiger partial charge >= 0.3 is 0 Å². The van der Waals surface area contributed by atoms with E-state index in [0.29, 0.717) is 5.56 Å². The normalized spacial score (nSPS) is 15.0. The van der Waals surface area contributed by atoms with Crippen LogP contribution in [0.15, 0.2) is 54.9 Å². The highest BCUT2D eigenvalue weighted by molar-refractivity contribution is 5.94. The Balaban J connectivity index is 1.47. The monoisotopic (exact) mass is 320 g/mol. The average molecular weight is 320 g/mol. The fourth-order valence-electron chi connectivity index (χ4n) is 3.23. The van der Waals surface area contributed by atoms with Crippen molar-refractivity contribution >= 4 is 17.2 Å². The molecule has 0 radical (unpaired) electrons. The maximum absolute atomic E-state index is 12.8. The van der Waals surface area contributed by atoms with Gasteiger partial charge in [0.25, 0.3) is 5.91 Å². The number of imidazole rings is 1. The summed E-state index contributed by atoms with van der Waals surface area (Å²) in [6.45, 7) is 5.17. The molecule has 1 aliphatic rings. The Morgan fingerprint density at radius 1 is 0.958 bits per heavy atom. The SMILES string of the molecule is Cc1cn2cc(C(=O)N3CCN(c4ccccc4)CC3)ccc2n1. The standard InChI is InChI=1S/C19H20N4O/c1-15-13-23-14-16(7-8-18(23)20-15)19(24)22-11-9-21(10-12-22)17-5-3-2-4-6-17/h2-8,13-14H,9-12H2,1H3. The zero-order valence-electron chi connectivity index (χ0n) is 13.7. The molecule has 1 aromatic carbocycles. The van der Waals surface area contributed by atoms with E-state index >= 15 is 0 Å². The van der Waals surface area contributed by atoms with Gasteiger partial charge in [-0.15, -0.1) is 0 Å². The van der Waals surface area contributed by atoms with E-state index in [0.717, 1.165) is 37.5 Å². The summed E-state index contributed by atoms with van der Waals surface area (Å²) in [6.07, 6.45) is 3.82. The molecule has 1 amide bonds. The first-order valence-electron chi connectivity index (χ1n) is 8.25. The van der Waals surface area contributed by atoms with E-state index in [1.807, 2.05) is 46.8 Å². The molecule has 4 rings (SSSR count). The second kappa shape index (κ2) is 6.00. The number of para-hydroxylation sites is 1. The molecule has 0 spiro atoms. The molecule has 3 aromatic rings. The van der Waals surface area contributed by atoms with Crippen LogP contribution >= 0.6 is 0 Å². The van der Waals surface area contributed by atoms with Gasteiger partial charge in [0.15, 0.2) is 0 Å². The summed E-state index contributed by atoms with van der Waals surface area (Å²) in [5.41, 5.74) is 3.77. The summed E-state index contributed by atoms with van der Waals surface area (Å²) >= 11 is 0. The fraction of sp³-hybridized carbons (Fsp3) is 0.263. The summed E-state index contributed by atoms with van der Waals surface area (Å²) in [6, 6.07) is 14.1. The van der Waals surface area contributed by atoms with Gasteiger partial charge in [0, 0.05) is 44.3 Å². The van der Waals surface area contributed by atoms with Crippen LogP contribution in [0.25, 0.3) is 5.65 Å². The molecule has 0 N–H and O–H groups in total. The van der Waals surface area contributed by atoms with Crippen LogP contribution in [0.5, 0.6) is 0 Å². The smallest absolute Gasteiger partial charge is 0.255 e. The molecule has 122 valence electrons. The van der Waals surface area contributed by atoms with Crippen molar-refractivity contribution in [1.82, 2.24) is 14.3 Å². The number of carbonyl (C=O) groups excluding carboxylic acids is 1. The average Bonchev–Trinajstić information content (AvgIpc) is 3.01. The third-order valence-electron chi connectivity index (χ3n) is 4.51. The molecule has 0 unspecified atom stereocenters. The number of carbonyl (C=O) groups is 1. The first-order chi connectivity index (χ1) is 11.7.